The second-order valence-corrected chi connectivity index (χ2v) is 6.76. The molecule has 2 aromatic carbocycles. The Labute approximate surface area is 155 Å². The first-order valence-electron chi connectivity index (χ1n) is 8.91. The predicted molar refractivity (Wildman–Crippen MR) is 96.8 cm³/mol. The summed E-state index contributed by atoms with van der Waals surface area (Å²) >= 11 is 0. The highest BCUT2D eigenvalue weighted by molar-refractivity contribution is 6.21. The van der Waals surface area contributed by atoms with E-state index in [0.29, 0.717) is 56.1 Å². The van der Waals surface area contributed by atoms with Crippen LogP contribution in [0.25, 0.3) is 0 Å². The molecule has 0 aromatic heterocycles. The smallest absolute Gasteiger partial charge is 0.261 e. The van der Waals surface area contributed by atoms with Crippen LogP contribution in [-0.2, 0) is 0 Å². The van der Waals surface area contributed by atoms with Crippen LogP contribution in [0.2, 0.25) is 0 Å². The highest BCUT2D eigenvalue weighted by atomic mass is 19.1. The number of fused-ring (bicyclic) bond motifs is 1. The Hall–Kier alpha value is -2.80. The van der Waals surface area contributed by atoms with E-state index in [-0.39, 0.29) is 11.8 Å². The van der Waals surface area contributed by atoms with Crippen LogP contribution in [0.5, 0.6) is 0 Å². The van der Waals surface area contributed by atoms with Crippen molar-refractivity contribution in [3.8, 4) is 0 Å². The molecule has 2 amide bonds. The van der Waals surface area contributed by atoms with Crippen molar-refractivity contribution in [2.45, 2.75) is 0 Å². The Bertz CT molecular complexity index is 839. The topological polar surface area (TPSA) is 43.9 Å². The Morgan fingerprint density at radius 1 is 0.778 bits per heavy atom. The third-order valence-corrected chi connectivity index (χ3v) is 5.10. The molecule has 2 aliphatic heterocycles. The molecule has 0 unspecified atom stereocenters. The lowest BCUT2D eigenvalue weighted by atomic mass is 10.1. The first-order valence-corrected chi connectivity index (χ1v) is 8.91. The summed E-state index contributed by atoms with van der Waals surface area (Å²) < 4.78 is 26.8. The van der Waals surface area contributed by atoms with Crippen molar-refractivity contribution in [2.75, 3.05) is 44.2 Å². The summed E-state index contributed by atoms with van der Waals surface area (Å²) in [5, 5.41) is 0. The van der Waals surface area contributed by atoms with Crippen molar-refractivity contribution in [3.05, 3.63) is 65.2 Å². The van der Waals surface area contributed by atoms with Crippen LogP contribution in [-0.4, -0.2) is 60.9 Å². The van der Waals surface area contributed by atoms with E-state index in [0.717, 1.165) is 6.07 Å². The van der Waals surface area contributed by atoms with Gasteiger partial charge in [-0.1, -0.05) is 12.1 Å². The van der Waals surface area contributed by atoms with Gasteiger partial charge in [0.1, 0.15) is 11.6 Å². The van der Waals surface area contributed by atoms with E-state index in [1.807, 2.05) is 4.90 Å². The number of carbonyl (C=O) groups is 2. The molecular formula is C20H19F2N3O2. The molecule has 1 fully saturated rings. The monoisotopic (exact) mass is 371 g/mol. The number of hydrogen-bond acceptors (Lipinski definition) is 4. The number of benzene rings is 2. The van der Waals surface area contributed by atoms with Gasteiger partial charge in [-0.3, -0.25) is 19.4 Å². The summed E-state index contributed by atoms with van der Waals surface area (Å²) in [5.41, 5.74) is 1.45. The minimum Gasteiger partial charge on any atom is -0.369 e. The number of hydrogen-bond donors (Lipinski definition) is 0. The third kappa shape index (κ3) is 3.42. The highest BCUT2D eigenvalue weighted by Gasteiger charge is 2.35. The molecule has 0 aliphatic carbocycles. The lowest BCUT2D eigenvalue weighted by Crippen LogP contribution is -2.49. The molecule has 2 aromatic rings. The standard InChI is InChI=1S/C20H19F2N3O2/c21-14-11-15(22)13-16(12-14)24-8-5-23(6-9-24)7-10-25-19(26)17-3-1-2-4-18(17)20(25)27/h1-4,11-13H,5-10H2. The van der Waals surface area contributed by atoms with Gasteiger partial charge in [0.25, 0.3) is 11.8 Å². The highest BCUT2D eigenvalue weighted by Crippen LogP contribution is 2.23. The van der Waals surface area contributed by atoms with Crippen LogP contribution in [0.15, 0.2) is 42.5 Å². The van der Waals surface area contributed by atoms with Gasteiger partial charge in [0.15, 0.2) is 0 Å². The molecule has 2 heterocycles. The fraction of sp³-hybridized carbons (Fsp3) is 0.300. The summed E-state index contributed by atoms with van der Waals surface area (Å²) in [6.45, 7) is 3.57. The zero-order chi connectivity index (χ0) is 19.0. The molecule has 4 rings (SSSR count). The molecule has 0 saturated carbocycles. The Morgan fingerprint density at radius 3 is 1.89 bits per heavy atom. The molecule has 7 heteroatoms. The number of piperazine rings is 1. The zero-order valence-corrected chi connectivity index (χ0v) is 14.7. The number of rotatable bonds is 4. The van der Waals surface area contributed by atoms with Crippen LogP contribution in [0.3, 0.4) is 0 Å². The van der Waals surface area contributed by atoms with E-state index in [2.05, 4.69) is 4.90 Å². The minimum absolute atomic E-state index is 0.246. The molecule has 0 radical (unpaired) electrons. The molecule has 5 nitrogen and oxygen atoms in total. The molecule has 27 heavy (non-hydrogen) atoms. The molecular weight excluding hydrogens is 352 g/mol. The van der Waals surface area contributed by atoms with Crippen LogP contribution in [0, 0.1) is 11.6 Å². The quantitative estimate of drug-likeness (QED) is 0.774. The first-order chi connectivity index (χ1) is 13.0. The number of halogens is 2. The third-order valence-electron chi connectivity index (χ3n) is 5.10. The molecule has 1 saturated heterocycles. The van der Waals surface area contributed by atoms with Crippen molar-refractivity contribution >= 4 is 17.5 Å². The number of amides is 2. The van der Waals surface area contributed by atoms with Gasteiger partial charge in [-0.05, 0) is 24.3 Å². The van der Waals surface area contributed by atoms with E-state index in [4.69, 9.17) is 0 Å². The summed E-state index contributed by atoms with van der Waals surface area (Å²) in [7, 11) is 0. The van der Waals surface area contributed by atoms with Gasteiger partial charge in [0.05, 0.1) is 11.1 Å². The SMILES string of the molecule is O=C1c2ccccc2C(=O)N1CCN1CCN(c2cc(F)cc(F)c2)CC1. The molecule has 0 atom stereocenters. The normalized spacial score (nSPS) is 17.6. The average molecular weight is 371 g/mol. The first kappa shape index (κ1) is 17.6. The van der Waals surface area contributed by atoms with Crippen molar-refractivity contribution in [1.29, 1.82) is 0 Å². The lowest BCUT2D eigenvalue weighted by molar-refractivity contribution is 0.0635. The van der Waals surface area contributed by atoms with E-state index in [1.165, 1.54) is 17.0 Å². The maximum Gasteiger partial charge on any atom is 0.261 e. The van der Waals surface area contributed by atoms with Gasteiger partial charge in [-0.15, -0.1) is 0 Å². The number of nitrogens with zero attached hydrogens (tertiary/aromatic N) is 3. The average Bonchev–Trinajstić information content (AvgIpc) is 2.91. The largest absolute Gasteiger partial charge is 0.369 e. The van der Waals surface area contributed by atoms with Crippen LogP contribution in [0.1, 0.15) is 20.7 Å². The van der Waals surface area contributed by atoms with Crippen molar-refractivity contribution in [2.24, 2.45) is 0 Å². The van der Waals surface area contributed by atoms with Gasteiger partial charge in [-0.2, -0.15) is 0 Å². The van der Waals surface area contributed by atoms with Gasteiger partial charge in [0, 0.05) is 51.0 Å². The summed E-state index contributed by atoms with van der Waals surface area (Å²) in [6, 6.07) is 10.4. The second-order valence-electron chi connectivity index (χ2n) is 6.76. The van der Waals surface area contributed by atoms with Gasteiger partial charge in [-0.25, -0.2) is 8.78 Å². The number of anilines is 1. The zero-order valence-electron chi connectivity index (χ0n) is 14.7. The van der Waals surface area contributed by atoms with Crippen molar-refractivity contribution in [3.63, 3.8) is 0 Å². The maximum atomic E-state index is 13.4. The molecule has 140 valence electrons. The maximum absolute atomic E-state index is 13.4. The Kier molecular flexibility index (Phi) is 4.61. The van der Waals surface area contributed by atoms with E-state index >= 15 is 0 Å². The van der Waals surface area contributed by atoms with Crippen LogP contribution < -0.4 is 4.90 Å². The molecule has 2 aliphatic rings. The van der Waals surface area contributed by atoms with E-state index in [1.54, 1.807) is 24.3 Å². The van der Waals surface area contributed by atoms with Crippen molar-refractivity contribution < 1.29 is 18.4 Å². The van der Waals surface area contributed by atoms with E-state index in [9.17, 15) is 18.4 Å². The number of imide groups is 1. The number of carbonyl (C=O) groups excluding carboxylic acids is 2. The fourth-order valence-electron chi connectivity index (χ4n) is 3.64. The van der Waals surface area contributed by atoms with Gasteiger partial charge < -0.3 is 4.90 Å². The van der Waals surface area contributed by atoms with Gasteiger partial charge >= 0.3 is 0 Å². The van der Waals surface area contributed by atoms with Crippen LogP contribution in [0.4, 0.5) is 14.5 Å². The van der Waals surface area contributed by atoms with E-state index < -0.39 is 11.6 Å². The summed E-state index contributed by atoms with van der Waals surface area (Å²) in [6.07, 6.45) is 0. The lowest BCUT2D eigenvalue weighted by Gasteiger charge is -2.36. The Morgan fingerprint density at radius 2 is 1.33 bits per heavy atom. The molecule has 0 bridgehead atoms. The second kappa shape index (κ2) is 7.08. The summed E-state index contributed by atoms with van der Waals surface area (Å²) in [4.78, 5) is 30.2. The van der Waals surface area contributed by atoms with Crippen molar-refractivity contribution in [1.82, 2.24) is 9.80 Å². The Balaban J connectivity index is 1.33. The molecule has 0 spiro atoms. The molecule has 0 N–H and O–H groups in total. The van der Waals surface area contributed by atoms with Gasteiger partial charge in [0.2, 0.25) is 0 Å². The summed E-state index contributed by atoms with van der Waals surface area (Å²) in [5.74, 6) is -1.66. The minimum atomic E-state index is -0.585. The van der Waals surface area contributed by atoms with Crippen LogP contribution >= 0.6 is 0 Å². The predicted octanol–water partition coefficient (Wildman–Crippen LogP) is 2.38. The fourth-order valence-corrected chi connectivity index (χ4v) is 3.64.